The molecular weight excluding hydrogens is 392 g/mol. The van der Waals surface area contributed by atoms with Crippen LogP contribution >= 0.6 is 0 Å². The molecule has 7 heteroatoms. The number of hydrogen-bond donors (Lipinski definition) is 1. The minimum atomic E-state index is -0.227. The van der Waals surface area contributed by atoms with Crippen LogP contribution in [-0.4, -0.2) is 33.9 Å². The van der Waals surface area contributed by atoms with Gasteiger partial charge in [-0.05, 0) is 55.7 Å². The van der Waals surface area contributed by atoms with Gasteiger partial charge in [-0.15, -0.1) is 10.2 Å². The number of amides is 1. The number of nitrogens with zero attached hydrogens (tertiary/aromatic N) is 3. The van der Waals surface area contributed by atoms with Gasteiger partial charge in [0.15, 0.2) is 23.9 Å². The van der Waals surface area contributed by atoms with Crippen molar-refractivity contribution in [3.63, 3.8) is 0 Å². The molecule has 4 rings (SSSR count). The second-order valence-corrected chi connectivity index (χ2v) is 7.61. The Morgan fingerprint density at radius 2 is 1.77 bits per heavy atom. The first-order valence-corrected chi connectivity index (χ1v) is 10.9. The summed E-state index contributed by atoms with van der Waals surface area (Å²) in [6.07, 6.45) is 5.43. The van der Waals surface area contributed by atoms with Gasteiger partial charge in [0.1, 0.15) is 5.82 Å². The standard InChI is InChI=1S/C24H28N4O3/c1-2-16-30-20-8-5-6-9-21(20)31-17-23(29)25-19-13-11-18(12-14-19)24-27-26-22-10-4-3-7-15-28(22)24/h5-6,8-9,11-14H,2-4,7,10,15-17H2,1H3,(H,25,29). The Balaban J connectivity index is 1.36. The smallest absolute Gasteiger partial charge is 0.262 e. The van der Waals surface area contributed by atoms with Crippen molar-refractivity contribution in [1.82, 2.24) is 14.8 Å². The first-order valence-electron chi connectivity index (χ1n) is 10.9. The highest BCUT2D eigenvalue weighted by Gasteiger charge is 2.16. The molecule has 0 bridgehead atoms. The highest BCUT2D eigenvalue weighted by atomic mass is 16.5. The van der Waals surface area contributed by atoms with Gasteiger partial charge in [0.25, 0.3) is 5.91 Å². The summed E-state index contributed by atoms with van der Waals surface area (Å²) in [6.45, 7) is 3.51. The molecule has 2 aromatic carbocycles. The molecular formula is C24H28N4O3. The van der Waals surface area contributed by atoms with Gasteiger partial charge < -0.3 is 19.4 Å². The quantitative estimate of drug-likeness (QED) is 0.581. The molecule has 0 atom stereocenters. The lowest BCUT2D eigenvalue weighted by molar-refractivity contribution is -0.118. The lowest BCUT2D eigenvalue weighted by atomic mass is 10.2. The number of rotatable bonds is 8. The summed E-state index contributed by atoms with van der Waals surface area (Å²) in [5.74, 6) is 2.93. The minimum absolute atomic E-state index is 0.0913. The number of hydrogen-bond acceptors (Lipinski definition) is 5. The van der Waals surface area contributed by atoms with Crippen LogP contribution in [0.5, 0.6) is 11.5 Å². The van der Waals surface area contributed by atoms with Crippen LogP contribution in [0.2, 0.25) is 0 Å². The van der Waals surface area contributed by atoms with E-state index in [2.05, 4.69) is 20.1 Å². The number of benzene rings is 2. The predicted octanol–water partition coefficient (Wildman–Crippen LogP) is 4.48. The van der Waals surface area contributed by atoms with Crippen molar-refractivity contribution in [2.24, 2.45) is 0 Å². The van der Waals surface area contributed by atoms with Crippen molar-refractivity contribution in [2.75, 3.05) is 18.5 Å². The highest BCUT2D eigenvalue weighted by molar-refractivity contribution is 5.92. The molecule has 0 unspecified atom stereocenters. The third-order valence-electron chi connectivity index (χ3n) is 5.21. The second kappa shape index (κ2) is 10.1. The van der Waals surface area contributed by atoms with E-state index >= 15 is 0 Å². The third-order valence-corrected chi connectivity index (χ3v) is 5.21. The fourth-order valence-corrected chi connectivity index (χ4v) is 3.64. The zero-order chi connectivity index (χ0) is 21.5. The average molecular weight is 421 g/mol. The Labute approximate surface area is 182 Å². The Morgan fingerprint density at radius 1 is 1.00 bits per heavy atom. The summed E-state index contributed by atoms with van der Waals surface area (Å²) in [6, 6.07) is 15.1. The minimum Gasteiger partial charge on any atom is -0.490 e. The maximum absolute atomic E-state index is 12.4. The van der Waals surface area contributed by atoms with Gasteiger partial charge in [0.05, 0.1) is 6.61 Å². The normalized spacial score (nSPS) is 13.2. The maximum atomic E-state index is 12.4. The summed E-state index contributed by atoms with van der Waals surface area (Å²) in [4.78, 5) is 12.4. The molecule has 0 saturated heterocycles. The van der Waals surface area contributed by atoms with E-state index < -0.39 is 0 Å². The number of anilines is 1. The van der Waals surface area contributed by atoms with Gasteiger partial charge in [-0.3, -0.25) is 4.79 Å². The molecule has 1 N–H and O–H groups in total. The third kappa shape index (κ3) is 5.23. The summed E-state index contributed by atoms with van der Waals surface area (Å²) in [5, 5.41) is 11.6. The molecule has 7 nitrogen and oxygen atoms in total. The molecule has 0 fully saturated rings. The number of ether oxygens (including phenoxy) is 2. The fraction of sp³-hybridized carbons (Fsp3) is 0.375. The maximum Gasteiger partial charge on any atom is 0.262 e. The molecule has 0 spiro atoms. The average Bonchev–Trinajstić information content (AvgIpc) is 3.05. The predicted molar refractivity (Wildman–Crippen MR) is 119 cm³/mol. The van der Waals surface area contributed by atoms with Gasteiger partial charge in [0, 0.05) is 24.2 Å². The first kappa shape index (κ1) is 20.9. The van der Waals surface area contributed by atoms with Crippen molar-refractivity contribution in [3.05, 3.63) is 54.4 Å². The van der Waals surface area contributed by atoms with Gasteiger partial charge in [0.2, 0.25) is 0 Å². The zero-order valence-corrected chi connectivity index (χ0v) is 17.8. The summed E-state index contributed by atoms with van der Waals surface area (Å²) < 4.78 is 13.5. The van der Waals surface area contributed by atoms with E-state index in [1.165, 1.54) is 12.8 Å². The van der Waals surface area contributed by atoms with Crippen molar-refractivity contribution < 1.29 is 14.3 Å². The number of carbonyl (C=O) groups is 1. The van der Waals surface area contributed by atoms with Crippen LogP contribution < -0.4 is 14.8 Å². The Kier molecular flexibility index (Phi) is 6.82. The fourth-order valence-electron chi connectivity index (χ4n) is 3.64. The Morgan fingerprint density at radius 3 is 2.55 bits per heavy atom. The summed E-state index contributed by atoms with van der Waals surface area (Å²) >= 11 is 0. The van der Waals surface area contributed by atoms with Crippen LogP contribution in [-0.2, 0) is 17.8 Å². The van der Waals surface area contributed by atoms with Gasteiger partial charge >= 0.3 is 0 Å². The van der Waals surface area contributed by atoms with Crippen molar-refractivity contribution >= 4 is 11.6 Å². The van der Waals surface area contributed by atoms with Crippen LogP contribution in [0.15, 0.2) is 48.5 Å². The Hall–Kier alpha value is -3.35. The largest absolute Gasteiger partial charge is 0.490 e. The molecule has 1 amide bonds. The second-order valence-electron chi connectivity index (χ2n) is 7.61. The Bertz CT molecular complexity index is 1010. The van der Waals surface area contributed by atoms with E-state index in [0.717, 1.165) is 43.0 Å². The van der Waals surface area contributed by atoms with Crippen LogP contribution in [0, 0.1) is 0 Å². The molecule has 3 aromatic rings. The van der Waals surface area contributed by atoms with E-state index in [-0.39, 0.29) is 12.5 Å². The number of fused-ring (bicyclic) bond motifs is 1. The molecule has 162 valence electrons. The van der Waals surface area contributed by atoms with Gasteiger partial charge in [-0.1, -0.05) is 25.5 Å². The highest BCUT2D eigenvalue weighted by Crippen LogP contribution is 2.27. The molecule has 31 heavy (non-hydrogen) atoms. The molecule has 0 aliphatic carbocycles. The van der Waals surface area contributed by atoms with Crippen LogP contribution in [0.25, 0.3) is 11.4 Å². The molecule has 1 aromatic heterocycles. The van der Waals surface area contributed by atoms with E-state index in [1.54, 1.807) is 6.07 Å². The molecule has 0 radical (unpaired) electrons. The van der Waals surface area contributed by atoms with Gasteiger partial charge in [-0.25, -0.2) is 0 Å². The lowest BCUT2D eigenvalue weighted by Crippen LogP contribution is -2.20. The van der Waals surface area contributed by atoms with Crippen LogP contribution in [0.3, 0.4) is 0 Å². The van der Waals surface area contributed by atoms with E-state index in [1.807, 2.05) is 49.4 Å². The first-order chi connectivity index (χ1) is 15.2. The number of aryl methyl sites for hydroxylation is 1. The summed E-state index contributed by atoms with van der Waals surface area (Å²) in [7, 11) is 0. The monoisotopic (exact) mass is 420 g/mol. The van der Waals surface area contributed by atoms with E-state index in [9.17, 15) is 4.79 Å². The van der Waals surface area contributed by atoms with E-state index in [0.29, 0.717) is 23.8 Å². The number of nitrogens with one attached hydrogen (secondary N) is 1. The molecule has 1 aliphatic rings. The topological polar surface area (TPSA) is 78.3 Å². The van der Waals surface area contributed by atoms with Crippen LogP contribution in [0.1, 0.15) is 38.4 Å². The van der Waals surface area contributed by atoms with Gasteiger partial charge in [-0.2, -0.15) is 0 Å². The molecule has 0 saturated carbocycles. The number of carbonyl (C=O) groups excluding carboxylic acids is 1. The molecule has 1 aliphatic heterocycles. The lowest BCUT2D eigenvalue weighted by Gasteiger charge is -2.12. The summed E-state index contributed by atoms with van der Waals surface area (Å²) in [5.41, 5.74) is 1.71. The van der Waals surface area contributed by atoms with Crippen molar-refractivity contribution in [2.45, 2.75) is 45.6 Å². The zero-order valence-electron chi connectivity index (χ0n) is 17.8. The van der Waals surface area contributed by atoms with Crippen molar-refractivity contribution in [3.8, 4) is 22.9 Å². The van der Waals surface area contributed by atoms with E-state index in [4.69, 9.17) is 9.47 Å². The number of aromatic nitrogens is 3. The number of para-hydroxylation sites is 2. The molecule has 2 heterocycles. The van der Waals surface area contributed by atoms with Crippen molar-refractivity contribution in [1.29, 1.82) is 0 Å². The van der Waals surface area contributed by atoms with Crippen LogP contribution in [0.4, 0.5) is 5.69 Å². The SMILES string of the molecule is CCCOc1ccccc1OCC(=O)Nc1ccc(-c2nnc3n2CCCCC3)cc1.